The van der Waals surface area contributed by atoms with Gasteiger partial charge in [-0.15, -0.1) is 0 Å². The molecule has 118 valence electrons. The van der Waals surface area contributed by atoms with E-state index in [0.717, 1.165) is 31.9 Å². The Balaban J connectivity index is 2.06. The highest BCUT2D eigenvalue weighted by Crippen LogP contribution is 2.28. The zero-order valence-corrected chi connectivity index (χ0v) is 13.0. The summed E-state index contributed by atoms with van der Waals surface area (Å²) in [5, 5.41) is 19.7. The smallest absolute Gasteiger partial charge is 0.123 e. The minimum absolute atomic E-state index is 0.324. The van der Waals surface area contributed by atoms with E-state index in [1.165, 1.54) is 12.1 Å². The highest BCUT2D eigenvalue weighted by molar-refractivity contribution is 5.55. The molecule has 1 unspecified atom stereocenters. The van der Waals surface area contributed by atoms with E-state index in [0.29, 0.717) is 12.1 Å². The molecule has 0 saturated carbocycles. The lowest BCUT2D eigenvalue weighted by Gasteiger charge is -2.39. The molecule has 21 heavy (non-hydrogen) atoms. The van der Waals surface area contributed by atoms with Gasteiger partial charge in [-0.1, -0.05) is 0 Å². The number of halogens is 1. The maximum atomic E-state index is 13.4. The predicted molar refractivity (Wildman–Crippen MR) is 82.0 cm³/mol. The lowest BCUT2D eigenvalue weighted by atomic mass is 10.1. The fraction of sp³-hybridized carbons (Fsp3) is 0.625. The van der Waals surface area contributed by atoms with Crippen molar-refractivity contribution >= 4 is 5.69 Å². The van der Waals surface area contributed by atoms with Crippen LogP contribution in [0.5, 0.6) is 0 Å². The highest BCUT2D eigenvalue weighted by atomic mass is 19.1. The Morgan fingerprint density at radius 1 is 1.24 bits per heavy atom. The summed E-state index contributed by atoms with van der Waals surface area (Å²) in [6.07, 6.45) is -0.690. The number of benzene rings is 1. The van der Waals surface area contributed by atoms with Crippen LogP contribution in [-0.2, 0) is 0 Å². The molecule has 1 saturated heterocycles. The van der Waals surface area contributed by atoms with Gasteiger partial charge >= 0.3 is 0 Å². The number of hydrogen-bond acceptors (Lipinski definition) is 4. The summed E-state index contributed by atoms with van der Waals surface area (Å²) in [6.45, 7) is 9.23. The molecule has 2 rings (SSSR count). The van der Waals surface area contributed by atoms with Gasteiger partial charge in [0.1, 0.15) is 5.82 Å². The van der Waals surface area contributed by atoms with E-state index in [-0.39, 0.29) is 5.82 Å². The number of rotatable bonds is 4. The van der Waals surface area contributed by atoms with Crippen LogP contribution >= 0.6 is 0 Å². The molecule has 2 N–H and O–H groups in total. The van der Waals surface area contributed by atoms with Gasteiger partial charge in [0.25, 0.3) is 0 Å². The van der Waals surface area contributed by atoms with Crippen molar-refractivity contribution in [1.29, 1.82) is 0 Å². The van der Waals surface area contributed by atoms with Gasteiger partial charge in [-0.2, -0.15) is 0 Å². The number of piperazine rings is 1. The van der Waals surface area contributed by atoms with E-state index in [1.807, 2.05) is 13.8 Å². The molecule has 1 heterocycles. The summed E-state index contributed by atoms with van der Waals surface area (Å²) in [4.78, 5) is 4.39. The van der Waals surface area contributed by atoms with Crippen LogP contribution in [0, 0.1) is 5.82 Å². The minimum Gasteiger partial charge on any atom is -0.389 e. The lowest BCUT2D eigenvalue weighted by Crippen LogP contribution is -2.50. The second-order valence-electron chi connectivity index (χ2n) is 6.45. The first-order valence-electron chi connectivity index (χ1n) is 7.43. The number of anilines is 1. The van der Waals surface area contributed by atoms with Crippen LogP contribution in [0.3, 0.4) is 0 Å². The molecule has 1 aliphatic rings. The summed E-state index contributed by atoms with van der Waals surface area (Å²) < 4.78 is 13.4. The first kappa shape index (κ1) is 16.2. The van der Waals surface area contributed by atoms with Crippen molar-refractivity contribution in [2.75, 3.05) is 37.6 Å². The molecule has 0 bridgehead atoms. The average molecular weight is 296 g/mol. The van der Waals surface area contributed by atoms with E-state index >= 15 is 0 Å². The molecule has 5 heteroatoms. The van der Waals surface area contributed by atoms with Gasteiger partial charge in [-0.3, -0.25) is 4.90 Å². The van der Waals surface area contributed by atoms with Gasteiger partial charge in [0.05, 0.1) is 11.7 Å². The van der Waals surface area contributed by atoms with Crippen LogP contribution in [-0.4, -0.2) is 53.4 Å². The van der Waals surface area contributed by atoms with Crippen molar-refractivity contribution in [2.24, 2.45) is 0 Å². The standard InChI is InChI=1S/C16H25FN2O2/c1-12(20)14-10-13(17)4-5-15(14)19-8-6-18(7-9-19)11-16(2,3)21/h4-5,10,12,20-21H,6-9,11H2,1-3H3. The first-order chi connectivity index (χ1) is 9.76. The van der Waals surface area contributed by atoms with Crippen molar-refractivity contribution < 1.29 is 14.6 Å². The number of nitrogens with zero attached hydrogens (tertiary/aromatic N) is 2. The first-order valence-corrected chi connectivity index (χ1v) is 7.43. The second kappa shape index (κ2) is 6.30. The number of aliphatic hydroxyl groups is 2. The summed E-state index contributed by atoms with van der Waals surface area (Å²) in [6, 6.07) is 4.58. The third-order valence-corrected chi connectivity index (χ3v) is 3.76. The van der Waals surface area contributed by atoms with Gasteiger partial charge in [-0.25, -0.2) is 4.39 Å². The maximum Gasteiger partial charge on any atom is 0.123 e. The Kier molecular flexibility index (Phi) is 4.86. The molecule has 4 nitrogen and oxygen atoms in total. The topological polar surface area (TPSA) is 46.9 Å². The lowest BCUT2D eigenvalue weighted by molar-refractivity contribution is 0.0345. The van der Waals surface area contributed by atoms with Gasteiger partial charge in [0, 0.05) is 44.0 Å². The average Bonchev–Trinajstić information content (AvgIpc) is 2.38. The van der Waals surface area contributed by atoms with Crippen LogP contribution in [0.25, 0.3) is 0 Å². The third kappa shape index (κ3) is 4.40. The SMILES string of the molecule is CC(O)c1cc(F)ccc1N1CCN(CC(C)(C)O)CC1. The molecule has 0 aliphatic carbocycles. The van der Waals surface area contributed by atoms with E-state index in [9.17, 15) is 14.6 Å². The van der Waals surface area contributed by atoms with Crippen LogP contribution in [0.1, 0.15) is 32.4 Å². The molecule has 0 aromatic heterocycles. The van der Waals surface area contributed by atoms with Crippen molar-refractivity contribution in [3.05, 3.63) is 29.6 Å². The zero-order valence-electron chi connectivity index (χ0n) is 13.0. The van der Waals surface area contributed by atoms with Crippen molar-refractivity contribution in [3.8, 4) is 0 Å². The van der Waals surface area contributed by atoms with Gasteiger partial charge < -0.3 is 15.1 Å². The molecule has 1 fully saturated rings. The molecule has 1 aromatic carbocycles. The van der Waals surface area contributed by atoms with E-state index in [1.54, 1.807) is 13.0 Å². The summed E-state index contributed by atoms with van der Waals surface area (Å²) in [5.41, 5.74) is 0.836. The normalized spacial score (nSPS) is 18.9. The highest BCUT2D eigenvalue weighted by Gasteiger charge is 2.24. The number of β-amino-alcohol motifs (C(OH)–C–C–N with tert-alkyl or cyclic N) is 1. The Morgan fingerprint density at radius 3 is 2.38 bits per heavy atom. The van der Waals surface area contributed by atoms with Crippen LogP contribution < -0.4 is 4.90 Å². The summed E-state index contributed by atoms with van der Waals surface area (Å²) in [7, 11) is 0. The van der Waals surface area contributed by atoms with E-state index in [2.05, 4.69) is 9.80 Å². The molecule has 1 atom stereocenters. The molecule has 1 aromatic rings. The molecular weight excluding hydrogens is 271 g/mol. The van der Waals surface area contributed by atoms with E-state index < -0.39 is 11.7 Å². The molecular formula is C16H25FN2O2. The van der Waals surface area contributed by atoms with Crippen molar-refractivity contribution in [3.63, 3.8) is 0 Å². The fourth-order valence-corrected chi connectivity index (χ4v) is 2.84. The second-order valence-corrected chi connectivity index (χ2v) is 6.45. The molecule has 0 radical (unpaired) electrons. The zero-order chi connectivity index (χ0) is 15.6. The monoisotopic (exact) mass is 296 g/mol. The fourth-order valence-electron chi connectivity index (χ4n) is 2.84. The summed E-state index contributed by atoms with van der Waals surface area (Å²) >= 11 is 0. The van der Waals surface area contributed by atoms with Crippen molar-refractivity contribution in [2.45, 2.75) is 32.5 Å². The largest absolute Gasteiger partial charge is 0.389 e. The molecule has 0 spiro atoms. The number of aliphatic hydroxyl groups excluding tert-OH is 1. The Bertz CT molecular complexity index is 478. The Labute approximate surface area is 125 Å². The van der Waals surface area contributed by atoms with Gasteiger partial charge in [0.2, 0.25) is 0 Å². The van der Waals surface area contributed by atoms with Gasteiger partial charge in [0.15, 0.2) is 0 Å². The maximum absolute atomic E-state index is 13.4. The minimum atomic E-state index is -0.692. The Morgan fingerprint density at radius 2 is 1.86 bits per heavy atom. The van der Waals surface area contributed by atoms with Gasteiger partial charge in [-0.05, 0) is 39.0 Å². The number of hydrogen-bond donors (Lipinski definition) is 2. The third-order valence-electron chi connectivity index (χ3n) is 3.76. The van der Waals surface area contributed by atoms with E-state index in [4.69, 9.17) is 0 Å². The Hall–Kier alpha value is -1.17. The van der Waals surface area contributed by atoms with Crippen LogP contribution in [0.4, 0.5) is 10.1 Å². The van der Waals surface area contributed by atoms with Crippen LogP contribution in [0.2, 0.25) is 0 Å². The molecule has 0 amide bonds. The predicted octanol–water partition coefficient (Wildman–Crippen LogP) is 1.77. The van der Waals surface area contributed by atoms with Crippen LogP contribution in [0.15, 0.2) is 18.2 Å². The quantitative estimate of drug-likeness (QED) is 0.889. The van der Waals surface area contributed by atoms with Crippen molar-refractivity contribution in [1.82, 2.24) is 4.90 Å². The summed E-state index contributed by atoms with van der Waals surface area (Å²) in [5.74, 6) is -0.324. The molecule has 1 aliphatic heterocycles.